The second-order valence-corrected chi connectivity index (χ2v) is 7.21. The fourth-order valence-corrected chi connectivity index (χ4v) is 3.86. The Morgan fingerprint density at radius 1 is 1.19 bits per heavy atom. The summed E-state index contributed by atoms with van der Waals surface area (Å²) in [5, 5.41) is 3.06. The average Bonchev–Trinajstić information content (AvgIpc) is 2.96. The van der Waals surface area contributed by atoms with Crippen LogP contribution in [0.15, 0.2) is 0 Å². The fourth-order valence-electron chi connectivity index (χ4n) is 3.86. The van der Waals surface area contributed by atoms with Gasteiger partial charge in [-0.05, 0) is 39.5 Å². The minimum Gasteiger partial charge on any atom is -0.376 e. The second kappa shape index (κ2) is 5.27. The average molecular weight is 294 g/mol. The van der Waals surface area contributed by atoms with Gasteiger partial charge in [0.1, 0.15) is 11.1 Å². The molecule has 2 aliphatic heterocycles. The van der Waals surface area contributed by atoms with Crippen molar-refractivity contribution in [3.05, 3.63) is 0 Å². The SMILES string of the molecule is CC1(C)C(=O)NC2(CCCCC2)C(=O)N1CC1CCCO1. The van der Waals surface area contributed by atoms with Gasteiger partial charge < -0.3 is 15.0 Å². The molecule has 2 amide bonds. The molecule has 1 atom stereocenters. The third-order valence-corrected chi connectivity index (χ3v) is 5.36. The van der Waals surface area contributed by atoms with Crippen LogP contribution in [0.5, 0.6) is 0 Å². The van der Waals surface area contributed by atoms with Crippen molar-refractivity contribution in [1.29, 1.82) is 0 Å². The highest BCUT2D eigenvalue weighted by Gasteiger charge is 2.54. The van der Waals surface area contributed by atoms with E-state index in [1.165, 1.54) is 0 Å². The number of piperazine rings is 1. The van der Waals surface area contributed by atoms with Crippen LogP contribution >= 0.6 is 0 Å². The molecule has 1 N–H and O–H groups in total. The highest BCUT2D eigenvalue weighted by atomic mass is 16.5. The van der Waals surface area contributed by atoms with E-state index in [1.807, 2.05) is 13.8 Å². The molecule has 2 saturated heterocycles. The van der Waals surface area contributed by atoms with E-state index in [0.717, 1.165) is 51.6 Å². The topological polar surface area (TPSA) is 58.6 Å². The summed E-state index contributed by atoms with van der Waals surface area (Å²) in [6.45, 7) is 4.99. The standard InChI is InChI=1S/C16H26N2O3/c1-15(2)13(19)17-16(8-4-3-5-9-16)14(20)18(15)11-12-7-6-10-21-12/h12H,3-11H2,1-2H3,(H,17,19). The Hall–Kier alpha value is -1.10. The van der Waals surface area contributed by atoms with Crippen molar-refractivity contribution in [2.24, 2.45) is 0 Å². The first kappa shape index (κ1) is 14.8. The number of ether oxygens (including phenoxy) is 1. The molecule has 5 heteroatoms. The minimum absolute atomic E-state index is 0.0259. The molecule has 1 aliphatic carbocycles. The molecule has 3 aliphatic rings. The largest absolute Gasteiger partial charge is 0.376 e. The summed E-state index contributed by atoms with van der Waals surface area (Å²) in [4.78, 5) is 27.5. The minimum atomic E-state index is -0.786. The van der Waals surface area contributed by atoms with Crippen molar-refractivity contribution < 1.29 is 14.3 Å². The summed E-state index contributed by atoms with van der Waals surface area (Å²) in [6.07, 6.45) is 6.84. The van der Waals surface area contributed by atoms with Crippen LogP contribution < -0.4 is 5.32 Å². The first-order chi connectivity index (χ1) is 9.96. The van der Waals surface area contributed by atoms with Crippen molar-refractivity contribution in [2.75, 3.05) is 13.2 Å². The van der Waals surface area contributed by atoms with Crippen LogP contribution in [-0.2, 0) is 14.3 Å². The molecule has 21 heavy (non-hydrogen) atoms. The molecule has 118 valence electrons. The molecular weight excluding hydrogens is 268 g/mol. The van der Waals surface area contributed by atoms with Gasteiger partial charge in [0.15, 0.2) is 0 Å². The molecule has 0 aromatic rings. The van der Waals surface area contributed by atoms with E-state index in [4.69, 9.17) is 4.74 Å². The summed E-state index contributed by atoms with van der Waals surface area (Å²) in [5.74, 6) is 0.0734. The number of hydrogen-bond donors (Lipinski definition) is 1. The Morgan fingerprint density at radius 2 is 1.90 bits per heavy atom. The molecule has 1 spiro atoms. The molecule has 1 unspecified atom stereocenters. The molecule has 2 heterocycles. The lowest BCUT2D eigenvalue weighted by Crippen LogP contribution is -2.75. The van der Waals surface area contributed by atoms with E-state index < -0.39 is 11.1 Å². The predicted octanol–water partition coefficient (Wildman–Crippen LogP) is 1.61. The highest BCUT2D eigenvalue weighted by molar-refractivity contribution is 6.02. The zero-order valence-corrected chi connectivity index (χ0v) is 13.1. The molecule has 0 radical (unpaired) electrons. The third kappa shape index (κ3) is 2.45. The van der Waals surface area contributed by atoms with Gasteiger partial charge in [-0.3, -0.25) is 9.59 Å². The van der Waals surface area contributed by atoms with Crippen molar-refractivity contribution in [2.45, 2.75) is 76.0 Å². The Bertz CT molecular complexity index is 435. The van der Waals surface area contributed by atoms with Crippen molar-refractivity contribution in [1.82, 2.24) is 10.2 Å². The normalized spacial score (nSPS) is 31.5. The van der Waals surface area contributed by atoms with Crippen molar-refractivity contribution in [3.8, 4) is 0 Å². The van der Waals surface area contributed by atoms with E-state index in [-0.39, 0.29) is 17.9 Å². The van der Waals surface area contributed by atoms with Gasteiger partial charge in [-0.15, -0.1) is 0 Å². The van der Waals surface area contributed by atoms with Gasteiger partial charge in [0, 0.05) is 13.2 Å². The maximum absolute atomic E-state index is 13.1. The number of amides is 2. The van der Waals surface area contributed by atoms with Crippen LogP contribution in [0.1, 0.15) is 58.8 Å². The Kier molecular flexibility index (Phi) is 3.72. The third-order valence-electron chi connectivity index (χ3n) is 5.36. The van der Waals surface area contributed by atoms with E-state index in [9.17, 15) is 9.59 Å². The molecule has 0 aromatic heterocycles. The second-order valence-electron chi connectivity index (χ2n) is 7.21. The fraction of sp³-hybridized carbons (Fsp3) is 0.875. The first-order valence-corrected chi connectivity index (χ1v) is 8.22. The van der Waals surface area contributed by atoms with E-state index >= 15 is 0 Å². The summed E-state index contributed by atoms with van der Waals surface area (Å²) in [5.41, 5.74) is -1.44. The number of rotatable bonds is 2. The molecule has 5 nitrogen and oxygen atoms in total. The Labute approximate surface area is 126 Å². The Balaban J connectivity index is 1.85. The van der Waals surface area contributed by atoms with E-state index in [1.54, 1.807) is 4.90 Å². The number of nitrogens with one attached hydrogen (secondary N) is 1. The van der Waals surface area contributed by atoms with Gasteiger partial charge in [-0.1, -0.05) is 19.3 Å². The number of carbonyl (C=O) groups is 2. The monoisotopic (exact) mass is 294 g/mol. The quantitative estimate of drug-likeness (QED) is 0.841. The molecule has 3 fully saturated rings. The lowest BCUT2D eigenvalue weighted by Gasteiger charge is -2.51. The molecule has 3 rings (SSSR count). The van der Waals surface area contributed by atoms with Crippen molar-refractivity contribution in [3.63, 3.8) is 0 Å². The predicted molar refractivity (Wildman–Crippen MR) is 78.7 cm³/mol. The van der Waals surface area contributed by atoms with Crippen LogP contribution in [0.2, 0.25) is 0 Å². The number of hydrogen-bond acceptors (Lipinski definition) is 3. The summed E-state index contributed by atoms with van der Waals surface area (Å²) < 4.78 is 5.68. The van der Waals surface area contributed by atoms with Gasteiger partial charge >= 0.3 is 0 Å². The number of carbonyl (C=O) groups excluding carboxylic acids is 2. The molecule has 0 bridgehead atoms. The maximum atomic E-state index is 13.1. The summed E-state index contributed by atoms with van der Waals surface area (Å²) >= 11 is 0. The lowest BCUT2D eigenvalue weighted by molar-refractivity contribution is -0.164. The lowest BCUT2D eigenvalue weighted by atomic mass is 9.76. The van der Waals surface area contributed by atoms with Gasteiger partial charge in [0.25, 0.3) is 0 Å². The van der Waals surface area contributed by atoms with Crippen LogP contribution in [0, 0.1) is 0 Å². The number of nitrogens with zero attached hydrogens (tertiary/aromatic N) is 1. The zero-order chi connectivity index (χ0) is 15.1. The summed E-state index contributed by atoms with van der Waals surface area (Å²) in [7, 11) is 0. The highest BCUT2D eigenvalue weighted by Crippen LogP contribution is 2.36. The summed E-state index contributed by atoms with van der Waals surface area (Å²) in [6, 6.07) is 0. The van der Waals surface area contributed by atoms with Crippen LogP contribution in [0.4, 0.5) is 0 Å². The van der Waals surface area contributed by atoms with Crippen molar-refractivity contribution >= 4 is 11.8 Å². The van der Waals surface area contributed by atoms with E-state index in [2.05, 4.69) is 5.32 Å². The van der Waals surface area contributed by atoms with Gasteiger partial charge in [-0.25, -0.2) is 0 Å². The molecular formula is C16H26N2O3. The first-order valence-electron chi connectivity index (χ1n) is 8.22. The van der Waals surface area contributed by atoms with Crippen LogP contribution in [-0.4, -0.2) is 47.0 Å². The zero-order valence-electron chi connectivity index (χ0n) is 13.1. The molecule has 0 aromatic carbocycles. The van der Waals surface area contributed by atoms with E-state index in [0.29, 0.717) is 6.54 Å². The smallest absolute Gasteiger partial charge is 0.249 e. The van der Waals surface area contributed by atoms with Crippen LogP contribution in [0.25, 0.3) is 0 Å². The Morgan fingerprint density at radius 3 is 2.52 bits per heavy atom. The van der Waals surface area contributed by atoms with Gasteiger partial charge in [0.2, 0.25) is 11.8 Å². The van der Waals surface area contributed by atoms with Gasteiger partial charge in [0.05, 0.1) is 6.10 Å². The van der Waals surface area contributed by atoms with Gasteiger partial charge in [-0.2, -0.15) is 0 Å². The molecule has 1 saturated carbocycles. The van der Waals surface area contributed by atoms with Crippen LogP contribution in [0.3, 0.4) is 0 Å². The maximum Gasteiger partial charge on any atom is 0.249 e.